The first-order valence-electron chi connectivity index (χ1n) is 9.44. The van der Waals surface area contributed by atoms with E-state index in [1.165, 1.54) is 57.8 Å². The molecule has 0 aliphatic carbocycles. The molecule has 0 aromatic carbocycles. The highest BCUT2D eigenvalue weighted by Crippen LogP contribution is 2.33. The summed E-state index contributed by atoms with van der Waals surface area (Å²) >= 11 is 0. The highest BCUT2D eigenvalue weighted by Gasteiger charge is 2.36. The minimum atomic E-state index is -0.344. The van der Waals surface area contributed by atoms with Crippen molar-refractivity contribution in [1.82, 2.24) is 0 Å². The van der Waals surface area contributed by atoms with Crippen LogP contribution in [0.4, 0.5) is 0 Å². The highest BCUT2D eigenvalue weighted by atomic mass is 16.7. The Kier molecular flexibility index (Phi) is 13.5. The summed E-state index contributed by atoms with van der Waals surface area (Å²) in [6.45, 7) is 12.5. The lowest BCUT2D eigenvalue weighted by molar-refractivity contribution is -0.266. The van der Waals surface area contributed by atoms with Crippen molar-refractivity contribution in [2.45, 2.75) is 105 Å². The summed E-state index contributed by atoms with van der Waals surface area (Å²) in [4.78, 5) is 0. The summed E-state index contributed by atoms with van der Waals surface area (Å²) in [7, 11) is 0. The first-order valence-corrected chi connectivity index (χ1v) is 9.44. The van der Waals surface area contributed by atoms with Crippen molar-refractivity contribution in [3.63, 3.8) is 0 Å². The van der Waals surface area contributed by atoms with Crippen molar-refractivity contribution >= 4 is 0 Å². The first kappa shape index (κ1) is 20.9. The normalized spacial score (nSPS) is 13.6. The Bertz CT molecular complexity index is 210. The number of rotatable bonds is 15. The molecule has 21 heavy (non-hydrogen) atoms. The molecule has 0 saturated heterocycles. The molecule has 0 aromatic rings. The summed E-state index contributed by atoms with van der Waals surface area (Å²) in [6, 6.07) is 0. The molecule has 0 rings (SSSR count). The van der Waals surface area contributed by atoms with E-state index < -0.39 is 0 Å². The molecular formula is C19H40O2. The SMILES string of the molecule is CCCCCCCCC(C)C(CCCC)(OCC)OCC. The zero-order valence-electron chi connectivity index (χ0n) is 15.4. The second kappa shape index (κ2) is 13.6. The molecule has 0 N–H and O–H groups in total. The van der Waals surface area contributed by atoms with Crippen LogP contribution in [0.1, 0.15) is 98.8 Å². The van der Waals surface area contributed by atoms with Gasteiger partial charge < -0.3 is 9.47 Å². The third kappa shape index (κ3) is 8.83. The first-order chi connectivity index (χ1) is 10.2. The standard InChI is InChI=1S/C19H40O2/c1-6-10-12-13-14-15-16-18(5)19(20-8-3,21-9-4)17-11-7-2/h18H,6-17H2,1-5H3. The van der Waals surface area contributed by atoms with Crippen LogP contribution in [0, 0.1) is 5.92 Å². The van der Waals surface area contributed by atoms with E-state index in [2.05, 4.69) is 34.6 Å². The molecule has 2 heteroatoms. The molecule has 1 unspecified atom stereocenters. The lowest BCUT2D eigenvalue weighted by atomic mass is 9.89. The Morgan fingerprint density at radius 3 is 1.76 bits per heavy atom. The number of hydrogen-bond donors (Lipinski definition) is 0. The van der Waals surface area contributed by atoms with Gasteiger partial charge in [0.2, 0.25) is 0 Å². The van der Waals surface area contributed by atoms with E-state index >= 15 is 0 Å². The Morgan fingerprint density at radius 2 is 1.24 bits per heavy atom. The predicted octanol–water partition coefficient (Wildman–Crippen LogP) is 6.33. The van der Waals surface area contributed by atoms with Crippen molar-refractivity contribution in [1.29, 1.82) is 0 Å². The Hall–Kier alpha value is -0.0800. The lowest BCUT2D eigenvalue weighted by Crippen LogP contribution is -2.43. The lowest BCUT2D eigenvalue weighted by Gasteiger charge is -2.39. The van der Waals surface area contributed by atoms with Gasteiger partial charge in [-0.15, -0.1) is 0 Å². The molecule has 0 heterocycles. The minimum Gasteiger partial charge on any atom is -0.350 e. The van der Waals surface area contributed by atoms with E-state index in [-0.39, 0.29) is 5.79 Å². The summed E-state index contributed by atoms with van der Waals surface area (Å²) in [5.41, 5.74) is 0. The smallest absolute Gasteiger partial charge is 0.170 e. The molecule has 0 saturated carbocycles. The summed E-state index contributed by atoms with van der Waals surface area (Å²) in [5, 5.41) is 0. The Morgan fingerprint density at radius 1 is 0.714 bits per heavy atom. The van der Waals surface area contributed by atoms with Crippen molar-refractivity contribution in [2.75, 3.05) is 13.2 Å². The van der Waals surface area contributed by atoms with Crippen LogP contribution in [0.3, 0.4) is 0 Å². The molecule has 0 fully saturated rings. The molecule has 0 aromatic heterocycles. The van der Waals surface area contributed by atoms with Gasteiger partial charge in [-0.2, -0.15) is 0 Å². The van der Waals surface area contributed by atoms with Gasteiger partial charge in [0.1, 0.15) is 0 Å². The Labute approximate surface area is 134 Å². The largest absolute Gasteiger partial charge is 0.350 e. The molecular weight excluding hydrogens is 260 g/mol. The fourth-order valence-electron chi connectivity index (χ4n) is 3.08. The van der Waals surface area contributed by atoms with Crippen molar-refractivity contribution in [3.05, 3.63) is 0 Å². The van der Waals surface area contributed by atoms with Crippen LogP contribution in [0.15, 0.2) is 0 Å². The highest BCUT2D eigenvalue weighted by molar-refractivity contribution is 4.77. The molecule has 0 aliphatic heterocycles. The van der Waals surface area contributed by atoms with Gasteiger partial charge >= 0.3 is 0 Å². The second-order valence-electron chi connectivity index (χ2n) is 6.24. The van der Waals surface area contributed by atoms with Gasteiger partial charge in [0.05, 0.1) is 0 Å². The van der Waals surface area contributed by atoms with Crippen molar-refractivity contribution in [2.24, 2.45) is 5.92 Å². The van der Waals surface area contributed by atoms with Gasteiger partial charge in [-0.05, 0) is 26.7 Å². The van der Waals surface area contributed by atoms with E-state index in [1.807, 2.05) is 0 Å². The van der Waals surface area contributed by atoms with E-state index in [1.54, 1.807) is 0 Å². The van der Waals surface area contributed by atoms with Crippen LogP contribution in [-0.4, -0.2) is 19.0 Å². The predicted molar refractivity (Wildman–Crippen MR) is 92.7 cm³/mol. The zero-order valence-corrected chi connectivity index (χ0v) is 15.4. The second-order valence-corrected chi connectivity index (χ2v) is 6.24. The average molecular weight is 301 g/mol. The third-order valence-electron chi connectivity index (χ3n) is 4.40. The number of hydrogen-bond acceptors (Lipinski definition) is 2. The van der Waals surface area contributed by atoms with Crippen LogP contribution in [0.2, 0.25) is 0 Å². The maximum Gasteiger partial charge on any atom is 0.170 e. The minimum absolute atomic E-state index is 0.344. The van der Waals surface area contributed by atoms with Gasteiger partial charge in [-0.25, -0.2) is 0 Å². The van der Waals surface area contributed by atoms with Crippen LogP contribution >= 0.6 is 0 Å². The molecule has 0 bridgehead atoms. The molecule has 0 radical (unpaired) electrons. The quantitative estimate of drug-likeness (QED) is 0.260. The van der Waals surface area contributed by atoms with Gasteiger partial charge in [0.15, 0.2) is 5.79 Å². The topological polar surface area (TPSA) is 18.5 Å². The van der Waals surface area contributed by atoms with Crippen LogP contribution in [-0.2, 0) is 9.47 Å². The maximum absolute atomic E-state index is 6.11. The summed E-state index contributed by atoms with van der Waals surface area (Å²) in [5.74, 6) is 0.137. The molecule has 0 aliphatic rings. The fourth-order valence-corrected chi connectivity index (χ4v) is 3.08. The average Bonchev–Trinajstić information content (AvgIpc) is 2.48. The van der Waals surface area contributed by atoms with E-state index in [4.69, 9.17) is 9.47 Å². The number of unbranched alkanes of at least 4 members (excludes halogenated alkanes) is 6. The maximum atomic E-state index is 6.11. The fraction of sp³-hybridized carbons (Fsp3) is 1.00. The molecule has 1 atom stereocenters. The molecule has 0 spiro atoms. The van der Waals surface area contributed by atoms with Gasteiger partial charge in [0, 0.05) is 25.6 Å². The van der Waals surface area contributed by atoms with Gasteiger partial charge in [-0.1, -0.05) is 65.7 Å². The monoisotopic (exact) mass is 300 g/mol. The third-order valence-corrected chi connectivity index (χ3v) is 4.40. The number of ether oxygens (including phenoxy) is 2. The molecule has 128 valence electrons. The van der Waals surface area contributed by atoms with E-state index in [0.717, 1.165) is 19.6 Å². The van der Waals surface area contributed by atoms with Crippen LogP contribution in [0.5, 0.6) is 0 Å². The van der Waals surface area contributed by atoms with Crippen LogP contribution < -0.4 is 0 Å². The zero-order chi connectivity index (χ0) is 16.0. The van der Waals surface area contributed by atoms with E-state index in [0.29, 0.717) is 5.92 Å². The molecule has 2 nitrogen and oxygen atoms in total. The summed E-state index contributed by atoms with van der Waals surface area (Å²) in [6.07, 6.45) is 12.8. The van der Waals surface area contributed by atoms with Crippen LogP contribution in [0.25, 0.3) is 0 Å². The van der Waals surface area contributed by atoms with Gasteiger partial charge in [0.25, 0.3) is 0 Å². The van der Waals surface area contributed by atoms with E-state index in [9.17, 15) is 0 Å². The Balaban J connectivity index is 4.30. The van der Waals surface area contributed by atoms with Gasteiger partial charge in [-0.3, -0.25) is 0 Å². The van der Waals surface area contributed by atoms with Crippen molar-refractivity contribution in [3.8, 4) is 0 Å². The van der Waals surface area contributed by atoms with Crippen molar-refractivity contribution < 1.29 is 9.47 Å². The summed E-state index contributed by atoms with van der Waals surface area (Å²) < 4.78 is 12.2. The molecule has 0 amide bonds.